The number of benzene rings is 2. The molecule has 0 aromatic heterocycles. The molecule has 0 amide bonds. The lowest BCUT2D eigenvalue weighted by atomic mass is 10.1. The summed E-state index contributed by atoms with van der Waals surface area (Å²) in [5.74, 6) is 0.820. The molecular formula is C17H18N2O. The Labute approximate surface area is 119 Å². The number of para-hydroxylation sites is 1. The topological polar surface area (TPSA) is 45.0 Å². The average molecular weight is 266 g/mol. The highest BCUT2D eigenvalue weighted by molar-refractivity contribution is 5.47. The maximum Gasteiger partial charge on any atom is 0.140 e. The molecule has 0 radical (unpaired) electrons. The smallest absolute Gasteiger partial charge is 0.140 e. The number of nitriles is 1. The third-order valence-corrected chi connectivity index (χ3v) is 2.80. The van der Waals surface area contributed by atoms with Crippen molar-refractivity contribution in [3.05, 3.63) is 60.2 Å². The summed E-state index contributed by atoms with van der Waals surface area (Å²) in [7, 11) is 0. The van der Waals surface area contributed by atoms with Crippen LogP contribution in [0.1, 0.15) is 25.5 Å². The summed E-state index contributed by atoms with van der Waals surface area (Å²) in [5.41, 5.74) is 1.86. The van der Waals surface area contributed by atoms with Crippen molar-refractivity contribution in [3.8, 4) is 11.8 Å². The fourth-order valence-electron chi connectivity index (χ4n) is 1.90. The molecular weight excluding hydrogens is 248 g/mol. The highest BCUT2D eigenvalue weighted by atomic mass is 16.5. The van der Waals surface area contributed by atoms with Crippen LogP contribution in [0.15, 0.2) is 54.6 Å². The molecule has 0 aliphatic carbocycles. The van der Waals surface area contributed by atoms with Crippen molar-refractivity contribution in [2.45, 2.75) is 26.0 Å². The Kier molecular flexibility index (Phi) is 4.62. The minimum atomic E-state index is -0.370. The average Bonchev–Trinajstić information content (AvgIpc) is 2.46. The molecule has 2 aromatic carbocycles. The van der Waals surface area contributed by atoms with E-state index in [-0.39, 0.29) is 12.1 Å². The van der Waals surface area contributed by atoms with Crippen LogP contribution in [0.2, 0.25) is 0 Å². The number of nitrogens with zero attached hydrogens (tertiary/aromatic N) is 1. The largest absolute Gasteiger partial charge is 0.491 e. The SMILES string of the molecule is CC(C)Oc1ccc(C(C#N)Nc2ccccc2)cc1. The second kappa shape index (κ2) is 6.63. The lowest BCUT2D eigenvalue weighted by Crippen LogP contribution is -2.09. The maximum atomic E-state index is 9.31. The summed E-state index contributed by atoms with van der Waals surface area (Å²) in [5, 5.41) is 12.5. The molecule has 0 aliphatic heterocycles. The maximum absolute atomic E-state index is 9.31. The summed E-state index contributed by atoms with van der Waals surface area (Å²) in [6.07, 6.45) is 0.148. The molecule has 0 fully saturated rings. The Morgan fingerprint density at radius 3 is 2.20 bits per heavy atom. The van der Waals surface area contributed by atoms with E-state index >= 15 is 0 Å². The van der Waals surface area contributed by atoms with Gasteiger partial charge in [-0.2, -0.15) is 5.26 Å². The van der Waals surface area contributed by atoms with Gasteiger partial charge in [0.1, 0.15) is 11.8 Å². The van der Waals surface area contributed by atoms with Gasteiger partial charge in [-0.05, 0) is 43.7 Å². The zero-order valence-corrected chi connectivity index (χ0v) is 11.7. The Morgan fingerprint density at radius 2 is 1.65 bits per heavy atom. The van der Waals surface area contributed by atoms with E-state index in [0.717, 1.165) is 17.0 Å². The highest BCUT2D eigenvalue weighted by Gasteiger charge is 2.10. The predicted octanol–water partition coefficient (Wildman–Crippen LogP) is 4.15. The molecule has 3 heteroatoms. The van der Waals surface area contributed by atoms with Crippen molar-refractivity contribution < 1.29 is 4.74 Å². The number of rotatable bonds is 5. The van der Waals surface area contributed by atoms with Crippen LogP contribution in [0.25, 0.3) is 0 Å². The molecule has 2 rings (SSSR count). The summed E-state index contributed by atoms with van der Waals surface area (Å²) >= 11 is 0. The van der Waals surface area contributed by atoms with Crippen molar-refractivity contribution >= 4 is 5.69 Å². The molecule has 1 unspecified atom stereocenters. The molecule has 1 atom stereocenters. The second-order valence-corrected chi connectivity index (χ2v) is 4.81. The summed E-state index contributed by atoms with van der Waals surface area (Å²) < 4.78 is 5.60. The Morgan fingerprint density at radius 1 is 1.00 bits per heavy atom. The molecule has 2 aromatic rings. The van der Waals surface area contributed by atoms with Crippen molar-refractivity contribution in [1.82, 2.24) is 0 Å². The van der Waals surface area contributed by atoms with E-state index in [2.05, 4.69) is 11.4 Å². The number of ether oxygens (including phenoxy) is 1. The van der Waals surface area contributed by atoms with Gasteiger partial charge in [-0.3, -0.25) is 0 Å². The molecule has 20 heavy (non-hydrogen) atoms. The standard InChI is InChI=1S/C17H18N2O/c1-13(2)20-16-10-8-14(9-11-16)17(12-18)19-15-6-4-3-5-7-15/h3-11,13,17,19H,1-2H3. The van der Waals surface area contributed by atoms with Crippen LogP contribution < -0.4 is 10.1 Å². The predicted molar refractivity (Wildman–Crippen MR) is 80.6 cm³/mol. The first kappa shape index (κ1) is 14.0. The molecule has 0 saturated heterocycles. The molecule has 0 heterocycles. The normalized spacial score (nSPS) is 11.7. The molecule has 0 saturated carbocycles. The number of nitrogens with one attached hydrogen (secondary N) is 1. The van der Waals surface area contributed by atoms with Gasteiger partial charge in [0.2, 0.25) is 0 Å². The minimum Gasteiger partial charge on any atom is -0.491 e. The van der Waals surface area contributed by atoms with Gasteiger partial charge in [-0.15, -0.1) is 0 Å². The zero-order chi connectivity index (χ0) is 14.4. The van der Waals surface area contributed by atoms with Crippen LogP contribution in [0.3, 0.4) is 0 Å². The first-order valence-electron chi connectivity index (χ1n) is 6.67. The van der Waals surface area contributed by atoms with Crippen LogP contribution in [0.4, 0.5) is 5.69 Å². The Hall–Kier alpha value is -2.47. The van der Waals surface area contributed by atoms with Gasteiger partial charge in [-0.1, -0.05) is 30.3 Å². The van der Waals surface area contributed by atoms with E-state index in [0.29, 0.717) is 0 Å². The molecule has 102 valence electrons. The lowest BCUT2D eigenvalue weighted by molar-refractivity contribution is 0.242. The monoisotopic (exact) mass is 266 g/mol. The third kappa shape index (κ3) is 3.76. The first-order valence-corrected chi connectivity index (χ1v) is 6.67. The van der Waals surface area contributed by atoms with E-state index in [4.69, 9.17) is 4.74 Å². The zero-order valence-electron chi connectivity index (χ0n) is 11.7. The number of anilines is 1. The Balaban J connectivity index is 2.10. The van der Waals surface area contributed by atoms with Crippen molar-refractivity contribution in [1.29, 1.82) is 5.26 Å². The van der Waals surface area contributed by atoms with Gasteiger partial charge in [0.25, 0.3) is 0 Å². The number of hydrogen-bond donors (Lipinski definition) is 1. The van der Waals surface area contributed by atoms with E-state index < -0.39 is 0 Å². The molecule has 0 spiro atoms. The van der Waals surface area contributed by atoms with Crippen LogP contribution in [-0.2, 0) is 0 Å². The van der Waals surface area contributed by atoms with E-state index in [1.807, 2.05) is 68.4 Å². The van der Waals surface area contributed by atoms with Crippen molar-refractivity contribution in [2.75, 3.05) is 5.32 Å². The van der Waals surface area contributed by atoms with E-state index in [9.17, 15) is 5.26 Å². The summed E-state index contributed by atoms with van der Waals surface area (Å²) in [4.78, 5) is 0. The minimum absolute atomic E-state index is 0.148. The quantitative estimate of drug-likeness (QED) is 0.884. The summed E-state index contributed by atoms with van der Waals surface area (Å²) in [6.45, 7) is 3.98. The van der Waals surface area contributed by atoms with Crippen molar-refractivity contribution in [2.24, 2.45) is 0 Å². The van der Waals surface area contributed by atoms with Crippen molar-refractivity contribution in [3.63, 3.8) is 0 Å². The van der Waals surface area contributed by atoms with Crippen LogP contribution in [0.5, 0.6) is 5.75 Å². The molecule has 3 nitrogen and oxygen atoms in total. The molecule has 0 bridgehead atoms. The second-order valence-electron chi connectivity index (χ2n) is 4.81. The Bertz CT molecular complexity index is 570. The summed E-state index contributed by atoms with van der Waals surface area (Å²) in [6, 6.07) is 19.3. The van der Waals surface area contributed by atoms with E-state index in [1.54, 1.807) is 0 Å². The molecule has 0 aliphatic rings. The fourth-order valence-corrected chi connectivity index (χ4v) is 1.90. The van der Waals surface area contributed by atoms with E-state index in [1.165, 1.54) is 0 Å². The number of hydrogen-bond acceptors (Lipinski definition) is 3. The van der Waals surface area contributed by atoms with Gasteiger partial charge < -0.3 is 10.1 Å². The van der Waals surface area contributed by atoms with Gasteiger partial charge in [0, 0.05) is 5.69 Å². The molecule has 1 N–H and O–H groups in total. The lowest BCUT2D eigenvalue weighted by Gasteiger charge is -2.14. The van der Waals surface area contributed by atoms with Gasteiger partial charge in [-0.25, -0.2) is 0 Å². The van der Waals surface area contributed by atoms with Crippen LogP contribution in [-0.4, -0.2) is 6.10 Å². The van der Waals surface area contributed by atoms with Crippen LogP contribution >= 0.6 is 0 Å². The fraction of sp³-hybridized carbons (Fsp3) is 0.235. The van der Waals surface area contributed by atoms with Gasteiger partial charge in [0.05, 0.1) is 12.2 Å². The third-order valence-electron chi connectivity index (χ3n) is 2.80. The van der Waals surface area contributed by atoms with Gasteiger partial charge >= 0.3 is 0 Å². The first-order chi connectivity index (χ1) is 9.69. The van der Waals surface area contributed by atoms with Crippen LogP contribution in [0, 0.1) is 11.3 Å². The highest BCUT2D eigenvalue weighted by Crippen LogP contribution is 2.22. The van der Waals surface area contributed by atoms with Gasteiger partial charge in [0.15, 0.2) is 0 Å².